The number of ketones is 1. The zero-order valence-electron chi connectivity index (χ0n) is 10.5. The Balaban J connectivity index is 2.70. The molecule has 0 aromatic heterocycles. The standard InChI is InChI=1S/C13H17ClO3S/c1-10(2)6-7-18(16,17)9-13(15)11-4-3-5-12(14)8-11/h3-5,8,10H,6-7,9H2,1-2H3. The maximum absolute atomic E-state index is 11.8. The van der Waals surface area contributed by atoms with Crippen molar-refractivity contribution in [2.75, 3.05) is 11.5 Å². The lowest BCUT2D eigenvalue weighted by Crippen LogP contribution is -2.20. The van der Waals surface area contributed by atoms with Crippen molar-refractivity contribution in [2.45, 2.75) is 20.3 Å². The molecule has 3 nitrogen and oxygen atoms in total. The first-order chi connectivity index (χ1) is 8.30. The topological polar surface area (TPSA) is 51.2 Å². The van der Waals surface area contributed by atoms with Gasteiger partial charge in [0.05, 0.1) is 5.75 Å². The first-order valence-corrected chi connectivity index (χ1v) is 7.99. The molecule has 1 aromatic carbocycles. The molecule has 0 aliphatic carbocycles. The van der Waals surface area contributed by atoms with E-state index in [0.29, 0.717) is 22.9 Å². The number of benzene rings is 1. The van der Waals surface area contributed by atoms with E-state index in [0.717, 1.165) is 0 Å². The van der Waals surface area contributed by atoms with Crippen LogP contribution >= 0.6 is 11.6 Å². The second kappa shape index (κ2) is 6.34. The van der Waals surface area contributed by atoms with Crippen LogP contribution in [0.1, 0.15) is 30.6 Å². The van der Waals surface area contributed by atoms with Gasteiger partial charge in [-0.25, -0.2) is 8.42 Å². The normalized spacial score (nSPS) is 11.8. The van der Waals surface area contributed by atoms with Crippen LogP contribution in [0, 0.1) is 5.92 Å². The van der Waals surface area contributed by atoms with Crippen molar-refractivity contribution in [3.8, 4) is 0 Å². The van der Waals surface area contributed by atoms with Gasteiger partial charge in [0.15, 0.2) is 15.6 Å². The third kappa shape index (κ3) is 5.19. The van der Waals surface area contributed by atoms with Crippen LogP contribution in [0.25, 0.3) is 0 Å². The lowest BCUT2D eigenvalue weighted by Gasteiger charge is -2.06. The minimum atomic E-state index is -3.33. The number of carbonyl (C=O) groups is 1. The van der Waals surface area contributed by atoms with E-state index in [2.05, 4.69) is 0 Å². The summed E-state index contributed by atoms with van der Waals surface area (Å²) in [7, 11) is -3.33. The molecule has 0 bridgehead atoms. The van der Waals surface area contributed by atoms with Gasteiger partial charge in [0.25, 0.3) is 0 Å². The van der Waals surface area contributed by atoms with Crippen molar-refractivity contribution in [3.05, 3.63) is 34.9 Å². The van der Waals surface area contributed by atoms with E-state index in [4.69, 9.17) is 11.6 Å². The number of hydrogen-bond acceptors (Lipinski definition) is 3. The Morgan fingerprint density at radius 3 is 2.56 bits per heavy atom. The first-order valence-electron chi connectivity index (χ1n) is 5.79. The molecule has 5 heteroatoms. The highest BCUT2D eigenvalue weighted by Crippen LogP contribution is 2.12. The van der Waals surface area contributed by atoms with Gasteiger partial charge in [-0.15, -0.1) is 0 Å². The van der Waals surface area contributed by atoms with Gasteiger partial charge in [-0.3, -0.25) is 4.79 Å². The van der Waals surface area contributed by atoms with Gasteiger partial charge in [-0.1, -0.05) is 37.6 Å². The maximum atomic E-state index is 11.8. The number of carbonyl (C=O) groups excluding carboxylic acids is 1. The zero-order valence-corrected chi connectivity index (χ0v) is 12.1. The van der Waals surface area contributed by atoms with Gasteiger partial charge in [-0.2, -0.15) is 0 Å². The van der Waals surface area contributed by atoms with E-state index in [1.807, 2.05) is 13.8 Å². The Hall–Kier alpha value is -0.870. The van der Waals surface area contributed by atoms with Crippen LogP contribution in [0.5, 0.6) is 0 Å². The molecule has 0 spiro atoms. The van der Waals surface area contributed by atoms with Gasteiger partial charge < -0.3 is 0 Å². The van der Waals surface area contributed by atoms with E-state index in [1.165, 1.54) is 6.07 Å². The van der Waals surface area contributed by atoms with E-state index < -0.39 is 21.4 Å². The van der Waals surface area contributed by atoms with E-state index >= 15 is 0 Å². The van der Waals surface area contributed by atoms with Crippen molar-refractivity contribution in [1.29, 1.82) is 0 Å². The SMILES string of the molecule is CC(C)CCS(=O)(=O)CC(=O)c1cccc(Cl)c1. The molecule has 0 radical (unpaired) electrons. The molecule has 0 fully saturated rings. The summed E-state index contributed by atoms with van der Waals surface area (Å²) in [5.74, 6) is -0.487. The van der Waals surface area contributed by atoms with Gasteiger partial charge in [-0.05, 0) is 24.5 Å². The second-order valence-corrected chi connectivity index (χ2v) is 7.33. The van der Waals surface area contributed by atoms with Gasteiger partial charge in [0.2, 0.25) is 0 Å². The minimum absolute atomic E-state index is 0.0526. The Morgan fingerprint density at radius 1 is 1.33 bits per heavy atom. The molecular formula is C13H17ClO3S. The van der Waals surface area contributed by atoms with E-state index in [-0.39, 0.29) is 5.75 Å². The fourth-order valence-electron chi connectivity index (χ4n) is 1.43. The summed E-state index contributed by atoms with van der Waals surface area (Å²) in [6.45, 7) is 3.91. The third-order valence-corrected chi connectivity index (χ3v) is 4.30. The van der Waals surface area contributed by atoms with Crippen molar-refractivity contribution in [3.63, 3.8) is 0 Å². The maximum Gasteiger partial charge on any atom is 0.177 e. The highest BCUT2D eigenvalue weighted by Gasteiger charge is 2.18. The van der Waals surface area contributed by atoms with Crippen molar-refractivity contribution < 1.29 is 13.2 Å². The summed E-state index contributed by atoms with van der Waals surface area (Å²) in [4.78, 5) is 11.8. The fraction of sp³-hybridized carbons (Fsp3) is 0.462. The van der Waals surface area contributed by atoms with E-state index in [1.54, 1.807) is 18.2 Å². The highest BCUT2D eigenvalue weighted by atomic mass is 35.5. The average molecular weight is 289 g/mol. The lowest BCUT2D eigenvalue weighted by atomic mass is 10.1. The van der Waals surface area contributed by atoms with Crippen LogP contribution in [0.3, 0.4) is 0 Å². The monoisotopic (exact) mass is 288 g/mol. The number of halogens is 1. The molecule has 100 valence electrons. The summed E-state index contributed by atoms with van der Waals surface area (Å²) < 4.78 is 23.5. The van der Waals surface area contributed by atoms with Crippen molar-refractivity contribution >= 4 is 27.2 Å². The van der Waals surface area contributed by atoms with Crippen LogP contribution in [-0.4, -0.2) is 25.7 Å². The summed E-state index contributed by atoms with van der Waals surface area (Å²) >= 11 is 5.76. The highest BCUT2D eigenvalue weighted by molar-refractivity contribution is 7.92. The predicted octanol–water partition coefficient (Wildman–Crippen LogP) is 2.98. The molecule has 0 unspecified atom stereocenters. The van der Waals surface area contributed by atoms with Crippen LogP contribution < -0.4 is 0 Å². The summed E-state index contributed by atoms with van der Waals surface area (Å²) in [6.07, 6.45) is 0.575. The van der Waals surface area contributed by atoms with E-state index in [9.17, 15) is 13.2 Å². The number of hydrogen-bond donors (Lipinski definition) is 0. The smallest absolute Gasteiger partial charge is 0.177 e. The van der Waals surface area contributed by atoms with Crippen LogP contribution in [0.2, 0.25) is 5.02 Å². The Morgan fingerprint density at radius 2 is 2.00 bits per heavy atom. The van der Waals surface area contributed by atoms with Crippen LogP contribution in [0.4, 0.5) is 0 Å². The quantitative estimate of drug-likeness (QED) is 0.756. The molecule has 0 heterocycles. The van der Waals surface area contributed by atoms with Gasteiger partial charge in [0, 0.05) is 10.6 Å². The van der Waals surface area contributed by atoms with Gasteiger partial charge >= 0.3 is 0 Å². The molecule has 0 N–H and O–H groups in total. The van der Waals surface area contributed by atoms with Crippen LogP contribution in [-0.2, 0) is 9.84 Å². The molecule has 1 aromatic rings. The first kappa shape index (κ1) is 15.2. The molecule has 0 aliphatic rings. The molecule has 0 saturated carbocycles. The van der Waals surface area contributed by atoms with Crippen LogP contribution in [0.15, 0.2) is 24.3 Å². The van der Waals surface area contributed by atoms with Crippen molar-refractivity contribution in [2.24, 2.45) is 5.92 Å². The summed E-state index contributed by atoms with van der Waals surface area (Å²) in [6, 6.07) is 6.34. The largest absolute Gasteiger partial charge is 0.293 e. The number of Topliss-reactive ketones (excluding diaryl/α,β-unsaturated/α-hetero) is 1. The lowest BCUT2D eigenvalue weighted by molar-refractivity contribution is 0.102. The summed E-state index contributed by atoms with van der Waals surface area (Å²) in [5, 5.41) is 0.431. The minimum Gasteiger partial charge on any atom is -0.293 e. The molecule has 0 saturated heterocycles. The Bertz CT molecular complexity index is 521. The number of rotatable bonds is 6. The Labute approximate surface area is 113 Å². The molecule has 1 rings (SSSR count). The molecular weight excluding hydrogens is 272 g/mol. The van der Waals surface area contributed by atoms with Gasteiger partial charge in [0.1, 0.15) is 5.75 Å². The molecule has 18 heavy (non-hydrogen) atoms. The summed E-state index contributed by atoms with van der Waals surface area (Å²) in [5.41, 5.74) is 0.343. The Kier molecular flexibility index (Phi) is 5.35. The molecule has 0 aliphatic heterocycles. The van der Waals surface area contributed by atoms with Crippen molar-refractivity contribution in [1.82, 2.24) is 0 Å². The number of sulfone groups is 1. The third-order valence-electron chi connectivity index (χ3n) is 2.50. The average Bonchev–Trinajstić information content (AvgIpc) is 2.26. The molecule has 0 atom stereocenters. The fourth-order valence-corrected chi connectivity index (χ4v) is 3.16. The predicted molar refractivity (Wildman–Crippen MR) is 73.9 cm³/mol. The zero-order chi connectivity index (χ0) is 13.8. The second-order valence-electron chi connectivity index (χ2n) is 4.71. The molecule has 0 amide bonds.